The van der Waals surface area contributed by atoms with Crippen LogP contribution in [-0.4, -0.2) is 38.1 Å². The Bertz CT molecular complexity index is 922. The zero-order valence-electron chi connectivity index (χ0n) is 15.3. The third kappa shape index (κ3) is 4.23. The molecule has 0 aliphatic carbocycles. The van der Waals surface area contributed by atoms with E-state index in [0.717, 1.165) is 28.7 Å². The van der Waals surface area contributed by atoms with Crippen molar-refractivity contribution in [1.82, 2.24) is 4.98 Å². The fraction of sp³-hybridized carbons (Fsp3) is 0.300. The number of thiazole rings is 1. The Labute approximate surface area is 163 Å². The van der Waals surface area contributed by atoms with Crippen molar-refractivity contribution in [3.05, 3.63) is 58.6 Å². The first-order valence-corrected chi connectivity index (χ1v) is 9.88. The fourth-order valence-corrected chi connectivity index (χ4v) is 4.12. The molecule has 0 aliphatic rings. The fourth-order valence-electron chi connectivity index (χ4n) is 2.83. The van der Waals surface area contributed by atoms with Crippen LogP contribution in [0.3, 0.4) is 0 Å². The number of aromatic nitrogens is 1. The zero-order valence-corrected chi connectivity index (χ0v) is 16.8. The molecule has 1 aromatic heterocycles. The summed E-state index contributed by atoms with van der Waals surface area (Å²) in [6.07, 6.45) is 0.906. The summed E-state index contributed by atoms with van der Waals surface area (Å²) in [5.41, 5.74) is 2.52. The topological polar surface area (TPSA) is 37.6 Å². The molecule has 0 unspecified atom stereocenters. The second kappa shape index (κ2) is 8.16. The molecule has 0 radical (unpaired) electrons. The van der Waals surface area contributed by atoms with Gasteiger partial charge in [0.1, 0.15) is 5.52 Å². The summed E-state index contributed by atoms with van der Waals surface area (Å²) in [6.45, 7) is 3.62. The van der Waals surface area contributed by atoms with E-state index in [-0.39, 0.29) is 5.91 Å². The Hall–Kier alpha value is -1.95. The minimum absolute atomic E-state index is 0.0161. The van der Waals surface area contributed by atoms with Gasteiger partial charge in [0, 0.05) is 18.5 Å². The van der Waals surface area contributed by atoms with E-state index in [2.05, 4.69) is 19.1 Å². The standard InChI is InChI=1S/C20H22ClN3OS/c1-14-7-4-8-15(13-14)19(25)24(12-6-11-23(2)3)20-22-18-16(21)9-5-10-17(18)26-20/h4-5,7-10,13H,6,11-12H2,1-3H3/p+1. The minimum Gasteiger partial charge on any atom is -0.340 e. The van der Waals surface area contributed by atoms with Crippen LogP contribution in [0.15, 0.2) is 42.5 Å². The largest absolute Gasteiger partial charge is 0.340 e. The Balaban J connectivity index is 1.96. The number of aryl methyl sites for hydroxylation is 1. The van der Waals surface area contributed by atoms with Gasteiger partial charge in [0.05, 0.1) is 30.4 Å². The van der Waals surface area contributed by atoms with Crippen molar-refractivity contribution < 1.29 is 9.69 Å². The molecule has 3 aromatic rings. The number of halogens is 1. The maximum atomic E-state index is 13.2. The van der Waals surface area contributed by atoms with Crippen molar-refractivity contribution in [2.45, 2.75) is 13.3 Å². The van der Waals surface area contributed by atoms with Crippen LogP contribution in [0, 0.1) is 6.92 Å². The predicted octanol–water partition coefficient (Wildman–Crippen LogP) is 3.44. The van der Waals surface area contributed by atoms with Gasteiger partial charge < -0.3 is 4.90 Å². The average Bonchev–Trinajstić information content (AvgIpc) is 3.03. The average molecular weight is 389 g/mol. The van der Waals surface area contributed by atoms with Gasteiger partial charge in [-0.05, 0) is 31.2 Å². The molecule has 0 saturated carbocycles. The summed E-state index contributed by atoms with van der Waals surface area (Å²) >= 11 is 7.78. The van der Waals surface area contributed by atoms with E-state index in [9.17, 15) is 4.79 Å². The van der Waals surface area contributed by atoms with Crippen LogP contribution in [-0.2, 0) is 0 Å². The van der Waals surface area contributed by atoms with Crippen molar-refractivity contribution >= 4 is 44.2 Å². The van der Waals surface area contributed by atoms with Crippen molar-refractivity contribution in [3.8, 4) is 0 Å². The summed E-state index contributed by atoms with van der Waals surface area (Å²) in [4.78, 5) is 21.0. The molecule has 0 bridgehead atoms. The smallest absolute Gasteiger partial charge is 0.260 e. The number of hydrogen-bond acceptors (Lipinski definition) is 3. The van der Waals surface area contributed by atoms with Crippen LogP contribution in [0.25, 0.3) is 10.2 Å². The first-order valence-electron chi connectivity index (χ1n) is 8.68. The zero-order chi connectivity index (χ0) is 18.7. The number of carbonyl (C=O) groups excluding carboxylic acids is 1. The highest BCUT2D eigenvalue weighted by Gasteiger charge is 2.22. The molecule has 1 N–H and O–H groups in total. The molecular formula is C20H23ClN3OS+. The number of rotatable bonds is 6. The number of nitrogens with zero attached hydrogens (tertiary/aromatic N) is 2. The van der Waals surface area contributed by atoms with E-state index in [0.29, 0.717) is 22.3 Å². The van der Waals surface area contributed by atoms with Gasteiger partial charge in [0.2, 0.25) is 0 Å². The van der Waals surface area contributed by atoms with Crippen molar-refractivity contribution in [2.75, 3.05) is 32.1 Å². The molecule has 2 aromatic carbocycles. The molecule has 0 spiro atoms. The lowest BCUT2D eigenvalue weighted by molar-refractivity contribution is -0.858. The number of carbonyl (C=O) groups is 1. The lowest BCUT2D eigenvalue weighted by Gasteiger charge is -2.20. The molecule has 136 valence electrons. The summed E-state index contributed by atoms with van der Waals surface area (Å²) in [5.74, 6) is -0.0161. The Kier molecular flexibility index (Phi) is 5.91. The summed E-state index contributed by atoms with van der Waals surface area (Å²) in [7, 11) is 4.23. The molecule has 0 fully saturated rings. The minimum atomic E-state index is -0.0161. The molecule has 0 aliphatic heterocycles. The van der Waals surface area contributed by atoms with Crippen LogP contribution in [0.5, 0.6) is 0 Å². The lowest BCUT2D eigenvalue weighted by atomic mass is 10.1. The quantitative estimate of drug-likeness (QED) is 0.702. The SMILES string of the molecule is Cc1cccc(C(=O)N(CCC[NH+](C)C)c2nc3c(Cl)cccc3s2)c1. The number of hydrogen-bond donors (Lipinski definition) is 1. The van der Waals surface area contributed by atoms with Gasteiger partial charge in [0.25, 0.3) is 5.91 Å². The molecule has 6 heteroatoms. The van der Waals surface area contributed by atoms with Gasteiger partial charge in [-0.1, -0.05) is 46.7 Å². The predicted molar refractivity (Wildman–Crippen MR) is 110 cm³/mol. The molecular weight excluding hydrogens is 366 g/mol. The third-order valence-electron chi connectivity index (χ3n) is 4.16. The van der Waals surface area contributed by atoms with Crippen molar-refractivity contribution in [3.63, 3.8) is 0 Å². The van der Waals surface area contributed by atoms with Crippen LogP contribution in [0.2, 0.25) is 5.02 Å². The number of fused-ring (bicyclic) bond motifs is 1. The maximum absolute atomic E-state index is 13.2. The van der Waals surface area contributed by atoms with Gasteiger partial charge in [-0.15, -0.1) is 0 Å². The van der Waals surface area contributed by atoms with Crippen LogP contribution in [0.4, 0.5) is 5.13 Å². The van der Waals surface area contributed by atoms with Crippen LogP contribution < -0.4 is 9.80 Å². The molecule has 4 nitrogen and oxygen atoms in total. The summed E-state index contributed by atoms with van der Waals surface area (Å²) in [5, 5.41) is 1.32. The third-order valence-corrected chi connectivity index (χ3v) is 5.51. The molecule has 3 rings (SSSR count). The number of anilines is 1. The normalized spacial score (nSPS) is 11.3. The number of para-hydroxylation sites is 1. The number of amides is 1. The summed E-state index contributed by atoms with van der Waals surface area (Å²) < 4.78 is 0.993. The van der Waals surface area contributed by atoms with Gasteiger partial charge in [-0.25, -0.2) is 4.98 Å². The van der Waals surface area contributed by atoms with Gasteiger partial charge in [-0.2, -0.15) is 0 Å². The number of benzene rings is 2. The highest BCUT2D eigenvalue weighted by atomic mass is 35.5. The van der Waals surface area contributed by atoms with E-state index < -0.39 is 0 Å². The van der Waals surface area contributed by atoms with Crippen LogP contribution in [0.1, 0.15) is 22.3 Å². The first-order chi connectivity index (χ1) is 12.5. The van der Waals surface area contributed by atoms with Gasteiger partial charge in [0.15, 0.2) is 5.13 Å². The van der Waals surface area contributed by atoms with E-state index >= 15 is 0 Å². The van der Waals surface area contributed by atoms with E-state index in [1.807, 2.05) is 49.4 Å². The monoisotopic (exact) mass is 388 g/mol. The molecule has 0 atom stereocenters. The van der Waals surface area contributed by atoms with E-state index in [4.69, 9.17) is 11.6 Å². The molecule has 26 heavy (non-hydrogen) atoms. The van der Waals surface area contributed by atoms with Crippen LogP contribution >= 0.6 is 22.9 Å². The highest BCUT2D eigenvalue weighted by molar-refractivity contribution is 7.22. The number of nitrogens with one attached hydrogen (secondary N) is 1. The van der Waals surface area contributed by atoms with Gasteiger partial charge >= 0.3 is 0 Å². The van der Waals surface area contributed by atoms with Gasteiger partial charge in [-0.3, -0.25) is 9.69 Å². The van der Waals surface area contributed by atoms with E-state index in [1.165, 1.54) is 16.2 Å². The molecule has 1 heterocycles. The van der Waals surface area contributed by atoms with Crippen molar-refractivity contribution in [2.24, 2.45) is 0 Å². The second-order valence-corrected chi connectivity index (χ2v) is 8.14. The number of quaternary nitrogens is 1. The first kappa shape index (κ1) is 18.8. The van der Waals surface area contributed by atoms with Crippen molar-refractivity contribution in [1.29, 1.82) is 0 Å². The molecule has 1 amide bonds. The maximum Gasteiger partial charge on any atom is 0.260 e. The Morgan fingerprint density at radius 2 is 2.00 bits per heavy atom. The Morgan fingerprint density at radius 1 is 1.23 bits per heavy atom. The molecule has 0 saturated heterocycles. The second-order valence-electron chi connectivity index (χ2n) is 6.72. The lowest BCUT2D eigenvalue weighted by Crippen LogP contribution is -3.05. The van der Waals surface area contributed by atoms with E-state index in [1.54, 1.807) is 4.90 Å². The summed E-state index contributed by atoms with van der Waals surface area (Å²) in [6, 6.07) is 13.4. The Morgan fingerprint density at radius 3 is 2.69 bits per heavy atom. The highest BCUT2D eigenvalue weighted by Crippen LogP contribution is 2.33.